The van der Waals surface area contributed by atoms with Gasteiger partial charge >= 0.3 is 0 Å². The van der Waals surface area contributed by atoms with Crippen molar-refractivity contribution in [1.29, 1.82) is 0 Å². The van der Waals surface area contributed by atoms with Gasteiger partial charge in [0.2, 0.25) is 0 Å². The molecule has 1 nitrogen and oxygen atoms in total. The molecular weight excluding hydrogens is 158 g/mol. The van der Waals surface area contributed by atoms with Crippen LogP contribution in [0.4, 0.5) is 0 Å². The second-order valence-electron chi connectivity index (χ2n) is 5.49. The van der Waals surface area contributed by atoms with Gasteiger partial charge in [-0.2, -0.15) is 0 Å². The highest BCUT2D eigenvalue weighted by Crippen LogP contribution is 2.48. The fourth-order valence-electron chi connectivity index (χ4n) is 3.49. The van der Waals surface area contributed by atoms with Gasteiger partial charge in [-0.3, -0.25) is 0 Å². The molecule has 2 atom stereocenters. The Kier molecular flexibility index (Phi) is 2.64. The first-order valence-electron chi connectivity index (χ1n) is 5.96. The van der Waals surface area contributed by atoms with Gasteiger partial charge in [0, 0.05) is 6.04 Å². The summed E-state index contributed by atoms with van der Waals surface area (Å²) in [5, 5.41) is 0. The summed E-state index contributed by atoms with van der Waals surface area (Å²) in [6.07, 6.45) is 11.3. The second kappa shape index (κ2) is 3.61. The lowest BCUT2D eigenvalue weighted by atomic mass is 9.69. The van der Waals surface area contributed by atoms with Gasteiger partial charge in [0.25, 0.3) is 0 Å². The molecule has 0 heterocycles. The fourth-order valence-corrected chi connectivity index (χ4v) is 3.49. The highest BCUT2D eigenvalue weighted by Gasteiger charge is 2.39. The van der Waals surface area contributed by atoms with E-state index in [0.717, 1.165) is 5.92 Å². The van der Waals surface area contributed by atoms with Crippen LogP contribution in [0.25, 0.3) is 0 Å². The molecule has 0 spiro atoms. The predicted molar refractivity (Wildman–Crippen MR) is 56.5 cm³/mol. The van der Waals surface area contributed by atoms with E-state index in [1.807, 2.05) is 0 Å². The van der Waals surface area contributed by atoms with E-state index < -0.39 is 0 Å². The Labute approximate surface area is 82.1 Å². The van der Waals surface area contributed by atoms with Gasteiger partial charge in [0.1, 0.15) is 0 Å². The van der Waals surface area contributed by atoms with Gasteiger partial charge in [-0.1, -0.05) is 26.2 Å². The van der Waals surface area contributed by atoms with E-state index in [1.54, 1.807) is 0 Å². The topological polar surface area (TPSA) is 26.0 Å². The van der Waals surface area contributed by atoms with Crippen molar-refractivity contribution in [3.63, 3.8) is 0 Å². The molecule has 0 aromatic heterocycles. The van der Waals surface area contributed by atoms with Gasteiger partial charge < -0.3 is 5.73 Å². The van der Waals surface area contributed by atoms with Gasteiger partial charge in [-0.25, -0.2) is 0 Å². The lowest BCUT2D eigenvalue weighted by Gasteiger charge is -2.37. The highest BCUT2D eigenvalue weighted by molar-refractivity contribution is 4.93. The smallest absolute Gasteiger partial charge is 0.00443 e. The van der Waals surface area contributed by atoms with Gasteiger partial charge in [0.05, 0.1) is 0 Å². The van der Waals surface area contributed by atoms with Crippen LogP contribution in [0, 0.1) is 11.3 Å². The van der Waals surface area contributed by atoms with E-state index in [9.17, 15) is 0 Å². The molecule has 2 aliphatic carbocycles. The maximum Gasteiger partial charge on any atom is 0.00443 e. The van der Waals surface area contributed by atoms with E-state index in [-0.39, 0.29) is 0 Å². The maximum absolute atomic E-state index is 6.02. The van der Waals surface area contributed by atoms with Crippen molar-refractivity contribution in [2.45, 2.75) is 64.3 Å². The normalized spacial score (nSPS) is 42.5. The van der Waals surface area contributed by atoms with Gasteiger partial charge in [-0.15, -0.1) is 0 Å². The molecule has 2 fully saturated rings. The van der Waals surface area contributed by atoms with Crippen molar-refractivity contribution < 1.29 is 0 Å². The Morgan fingerprint density at radius 2 is 1.77 bits per heavy atom. The van der Waals surface area contributed by atoms with Crippen molar-refractivity contribution in [3.05, 3.63) is 0 Å². The largest absolute Gasteiger partial charge is 0.328 e. The molecule has 0 aromatic carbocycles. The Balaban J connectivity index is 1.97. The molecule has 0 aromatic rings. The molecule has 2 rings (SSSR count). The zero-order chi connectivity index (χ0) is 9.31. The quantitative estimate of drug-likeness (QED) is 0.661. The monoisotopic (exact) mass is 181 g/mol. The summed E-state index contributed by atoms with van der Waals surface area (Å²) in [6, 6.07) is 0.506. The highest BCUT2D eigenvalue weighted by atomic mass is 14.7. The van der Waals surface area contributed by atoms with E-state index >= 15 is 0 Å². The Morgan fingerprint density at radius 1 is 1.08 bits per heavy atom. The minimum Gasteiger partial charge on any atom is -0.328 e. The summed E-state index contributed by atoms with van der Waals surface area (Å²) >= 11 is 0. The molecule has 2 saturated carbocycles. The van der Waals surface area contributed by atoms with Gasteiger partial charge in [-0.05, 0) is 43.4 Å². The zero-order valence-electron chi connectivity index (χ0n) is 8.89. The third kappa shape index (κ3) is 1.90. The summed E-state index contributed by atoms with van der Waals surface area (Å²) in [7, 11) is 0. The van der Waals surface area contributed by atoms with Crippen molar-refractivity contribution in [2.24, 2.45) is 17.1 Å². The summed E-state index contributed by atoms with van der Waals surface area (Å²) in [4.78, 5) is 0. The van der Waals surface area contributed by atoms with Crippen molar-refractivity contribution in [2.75, 3.05) is 0 Å². The first-order chi connectivity index (χ1) is 6.21. The first kappa shape index (κ1) is 9.51. The standard InChI is InChI=1S/C12H23N/c1-12(8-7-11(13)9-12)10-5-3-2-4-6-10/h10-11H,2-9,13H2,1H3. The molecule has 13 heavy (non-hydrogen) atoms. The van der Waals surface area contributed by atoms with Crippen LogP contribution in [0.5, 0.6) is 0 Å². The van der Waals surface area contributed by atoms with Crippen LogP contribution in [-0.4, -0.2) is 6.04 Å². The molecule has 2 unspecified atom stereocenters. The van der Waals surface area contributed by atoms with Crippen LogP contribution in [0.1, 0.15) is 58.3 Å². The van der Waals surface area contributed by atoms with Crippen molar-refractivity contribution in [3.8, 4) is 0 Å². The third-order valence-electron chi connectivity index (χ3n) is 4.41. The number of nitrogens with two attached hydrogens (primary N) is 1. The molecule has 0 saturated heterocycles. The van der Waals surface area contributed by atoms with Crippen LogP contribution < -0.4 is 5.73 Å². The SMILES string of the molecule is CC1(C2CCCCC2)CCC(N)C1. The Hall–Kier alpha value is -0.0400. The minimum atomic E-state index is 0.506. The Morgan fingerprint density at radius 3 is 2.31 bits per heavy atom. The molecule has 0 amide bonds. The summed E-state index contributed by atoms with van der Waals surface area (Å²) in [5.74, 6) is 0.995. The van der Waals surface area contributed by atoms with Crippen molar-refractivity contribution in [1.82, 2.24) is 0 Å². The summed E-state index contributed by atoms with van der Waals surface area (Å²) < 4.78 is 0. The average Bonchev–Trinajstić information content (AvgIpc) is 2.49. The zero-order valence-corrected chi connectivity index (χ0v) is 8.89. The molecule has 0 radical (unpaired) electrons. The number of hydrogen-bond acceptors (Lipinski definition) is 1. The number of hydrogen-bond donors (Lipinski definition) is 1. The fraction of sp³-hybridized carbons (Fsp3) is 1.00. The van der Waals surface area contributed by atoms with E-state index in [0.29, 0.717) is 11.5 Å². The minimum absolute atomic E-state index is 0.506. The van der Waals surface area contributed by atoms with Crippen LogP contribution in [-0.2, 0) is 0 Å². The first-order valence-corrected chi connectivity index (χ1v) is 5.96. The Bertz CT molecular complexity index is 172. The van der Waals surface area contributed by atoms with Crippen LogP contribution >= 0.6 is 0 Å². The maximum atomic E-state index is 6.02. The van der Waals surface area contributed by atoms with E-state index in [4.69, 9.17) is 5.73 Å². The third-order valence-corrected chi connectivity index (χ3v) is 4.41. The van der Waals surface area contributed by atoms with E-state index in [2.05, 4.69) is 6.92 Å². The summed E-state index contributed by atoms with van der Waals surface area (Å²) in [5.41, 5.74) is 6.63. The predicted octanol–water partition coefficient (Wildman–Crippen LogP) is 3.08. The van der Waals surface area contributed by atoms with Crippen LogP contribution in [0.15, 0.2) is 0 Å². The lowest BCUT2D eigenvalue weighted by molar-refractivity contribution is 0.142. The average molecular weight is 181 g/mol. The van der Waals surface area contributed by atoms with Gasteiger partial charge in [0.15, 0.2) is 0 Å². The second-order valence-corrected chi connectivity index (χ2v) is 5.49. The number of rotatable bonds is 1. The van der Waals surface area contributed by atoms with Crippen molar-refractivity contribution >= 4 is 0 Å². The summed E-state index contributed by atoms with van der Waals surface area (Å²) in [6.45, 7) is 2.48. The molecular formula is C12H23N. The van der Waals surface area contributed by atoms with Crippen LogP contribution in [0.3, 0.4) is 0 Å². The van der Waals surface area contributed by atoms with E-state index in [1.165, 1.54) is 51.4 Å². The lowest BCUT2D eigenvalue weighted by Crippen LogP contribution is -2.28. The molecule has 2 N–H and O–H groups in total. The molecule has 0 bridgehead atoms. The molecule has 0 aliphatic heterocycles. The molecule has 76 valence electrons. The molecule has 2 aliphatic rings. The van der Waals surface area contributed by atoms with Crippen LogP contribution in [0.2, 0.25) is 0 Å². The molecule has 1 heteroatoms.